The number of pyridine rings is 1. The van der Waals surface area contributed by atoms with Gasteiger partial charge in [0, 0.05) is 31.9 Å². The van der Waals surface area contributed by atoms with Crippen LogP contribution in [0.15, 0.2) is 24.5 Å². The van der Waals surface area contributed by atoms with E-state index in [0.29, 0.717) is 12.5 Å². The molecule has 1 aromatic heterocycles. The van der Waals surface area contributed by atoms with Crippen molar-refractivity contribution in [3.05, 3.63) is 30.1 Å². The first-order chi connectivity index (χ1) is 9.68. The lowest BCUT2D eigenvalue weighted by Gasteiger charge is -2.27. The van der Waals surface area contributed by atoms with E-state index in [2.05, 4.69) is 17.2 Å². The molecule has 1 amide bonds. The molecule has 2 atom stereocenters. The van der Waals surface area contributed by atoms with Crippen LogP contribution in [0.2, 0.25) is 0 Å². The molecule has 0 aliphatic carbocycles. The SMILES string of the molecule is CC(c1ccncc1)N(C)C(=O)CCC1CCCCN1. The number of hydrogen-bond donors (Lipinski definition) is 1. The minimum absolute atomic E-state index is 0.102. The molecule has 1 saturated heterocycles. The van der Waals surface area contributed by atoms with Crippen molar-refractivity contribution in [2.24, 2.45) is 0 Å². The Morgan fingerprint density at radius 3 is 2.85 bits per heavy atom. The van der Waals surface area contributed by atoms with Crippen LogP contribution in [0.1, 0.15) is 50.6 Å². The van der Waals surface area contributed by atoms with Gasteiger partial charge in [-0.25, -0.2) is 0 Å². The maximum Gasteiger partial charge on any atom is 0.222 e. The molecule has 2 rings (SSSR count). The van der Waals surface area contributed by atoms with Crippen molar-refractivity contribution in [3.63, 3.8) is 0 Å². The Morgan fingerprint density at radius 2 is 2.20 bits per heavy atom. The van der Waals surface area contributed by atoms with Crippen LogP contribution in [0.25, 0.3) is 0 Å². The number of amides is 1. The van der Waals surface area contributed by atoms with Gasteiger partial charge in [0.15, 0.2) is 0 Å². The molecule has 0 spiro atoms. The van der Waals surface area contributed by atoms with Crippen molar-refractivity contribution in [1.29, 1.82) is 0 Å². The van der Waals surface area contributed by atoms with Gasteiger partial charge in [-0.2, -0.15) is 0 Å². The molecule has 1 N–H and O–H groups in total. The number of aromatic nitrogens is 1. The van der Waals surface area contributed by atoms with Gasteiger partial charge in [-0.05, 0) is 50.4 Å². The Labute approximate surface area is 121 Å². The van der Waals surface area contributed by atoms with E-state index in [4.69, 9.17) is 0 Å². The van der Waals surface area contributed by atoms with Crippen molar-refractivity contribution in [1.82, 2.24) is 15.2 Å². The van der Waals surface area contributed by atoms with Gasteiger partial charge < -0.3 is 10.2 Å². The van der Waals surface area contributed by atoms with Gasteiger partial charge in [0.1, 0.15) is 0 Å². The molecule has 0 radical (unpaired) electrons. The molecule has 2 unspecified atom stereocenters. The Hall–Kier alpha value is -1.42. The molecule has 4 heteroatoms. The van der Waals surface area contributed by atoms with E-state index in [-0.39, 0.29) is 11.9 Å². The molecule has 0 bridgehead atoms. The van der Waals surface area contributed by atoms with Crippen molar-refractivity contribution < 1.29 is 4.79 Å². The summed E-state index contributed by atoms with van der Waals surface area (Å²) < 4.78 is 0. The van der Waals surface area contributed by atoms with Crippen LogP contribution in [-0.4, -0.2) is 35.4 Å². The number of hydrogen-bond acceptors (Lipinski definition) is 3. The summed E-state index contributed by atoms with van der Waals surface area (Å²) in [6.07, 6.45) is 8.89. The number of piperidine rings is 1. The minimum atomic E-state index is 0.102. The lowest BCUT2D eigenvalue weighted by Crippen LogP contribution is -2.36. The molecule has 0 aromatic carbocycles. The predicted octanol–water partition coefficient (Wildman–Crippen LogP) is 2.52. The van der Waals surface area contributed by atoms with Gasteiger partial charge in [-0.3, -0.25) is 9.78 Å². The highest BCUT2D eigenvalue weighted by atomic mass is 16.2. The van der Waals surface area contributed by atoms with Gasteiger partial charge in [0.25, 0.3) is 0 Å². The third-order valence-corrected chi connectivity index (χ3v) is 4.28. The molecule has 4 nitrogen and oxygen atoms in total. The fourth-order valence-corrected chi connectivity index (χ4v) is 2.73. The second kappa shape index (κ2) is 7.39. The zero-order valence-electron chi connectivity index (χ0n) is 12.5. The quantitative estimate of drug-likeness (QED) is 0.898. The third kappa shape index (κ3) is 4.04. The summed E-state index contributed by atoms with van der Waals surface area (Å²) >= 11 is 0. The third-order valence-electron chi connectivity index (χ3n) is 4.28. The Morgan fingerprint density at radius 1 is 1.45 bits per heavy atom. The predicted molar refractivity (Wildman–Crippen MR) is 80.3 cm³/mol. The topological polar surface area (TPSA) is 45.2 Å². The number of carbonyl (C=O) groups excluding carboxylic acids is 1. The summed E-state index contributed by atoms with van der Waals surface area (Å²) in [6.45, 7) is 3.16. The molecule has 1 aliphatic heterocycles. The molecule has 20 heavy (non-hydrogen) atoms. The van der Waals surface area contributed by atoms with E-state index in [1.165, 1.54) is 19.3 Å². The molecule has 1 aromatic rings. The van der Waals surface area contributed by atoms with E-state index in [1.54, 1.807) is 12.4 Å². The zero-order valence-corrected chi connectivity index (χ0v) is 12.5. The number of nitrogens with zero attached hydrogens (tertiary/aromatic N) is 2. The normalized spacial score (nSPS) is 20.4. The number of carbonyl (C=O) groups is 1. The van der Waals surface area contributed by atoms with Gasteiger partial charge >= 0.3 is 0 Å². The van der Waals surface area contributed by atoms with E-state index in [9.17, 15) is 4.79 Å². The van der Waals surface area contributed by atoms with Crippen LogP contribution in [0.5, 0.6) is 0 Å². The molecule has 110 valence electrons. The molecule has 0 saturated carbocycles. The summed E-state index contributed by atoms with van der Waals surface area (Å²) in [7, 11) is 1.89. The van der Waals surface area contributed by atoms with Gasteiger partial charge in [0.2, 0.25) is 5.91 Å². The van der Waals surface area contributed by atoms with Crippen LogP contribution < -0.4 is 5.32 Å². The van der Waals surface area contributed by atoms with Crippen molar-refractivity contribution >= 4 is 5.91 Å². The lowest BCUT2D eigenvalue weighted by atomic mass is 10.00. The first-order valence-electron chi connectivity index (χ1n) is 7.57. The average molecular weight is 275 g/mol. The monoisotopic (exact) mass is 275 g/mol. The molecular formula is C16H25N3O. The van der Waals surface area contributed by atoms with Crippen LogP contribution >= 0.6 is 0 Å². The van der Waals surface area contributed by atoms with E-state index in [1.807, 2.05) is 24.1 Å². The standard InChI is InChI=1S/C16H25N3O/c1-13(14-8-11-17-12-9-14)19(2)16(20)7-6-15-5-3-4-10-18-15/h8-9,11-13,15,18H,3-7,10H2,1-2H3. The highest BCUT2D eigenvalue weighted by Gasteiger charge is 2.19. The summed E-state index contributed by atoms with van der Waals surface area (Å²) in [5.74, 6) is 0.224. The Bertz CT molecular complexity index is 415. The van der Waals surface area contributed by atoms with Gasteiger partial charge in [-0.1, -0.05) is 6.42 Å². The fourth-order valence-electron chi connectivity index (χ4n) is 2.73. The summed E-state index contributed by atoms with van der Waals surface area (Å²) in [6, 6.07) is 4.57. The number of nitrogens with one attached hydrogen (secondary N) is 1. The molecule has 1 fully saturated rings. The van der Waals surface area contributed by atoms with Crippen LogP contribution in [0.3, 0.4) is 0 Å². The summed E-state index contributed by atoms with van der Waals surface area (Å²) in [4.78, 5) is 18.1. The molecule has 1 aliphatic rings. The number of rotatable bonds is 5. The van der Waals surface area contributed by atoms with E-state index < -0.39 is 0 Å². The van der Waals surface area contributed by atoms with Gasteiger partial charge in [0.05, 0.1) is 6.04 Å². The summed E-state index contributed by atoms with van der Waals surface area (Å²) in [5.41, 5.74) is 1.13. The van der Waals surface area contributed by atoms with Crippen LogP contribution in [0, 0.1) is 0 Å². The second-order valence-corrected chi connectivity index (χ2v) is 5.65. The van der Waals surface area contributed by atoms with E-state index >= 15 is 0 Å². The van der Waals surface area contributed by atoms with Crippen molar-refractivity contribution in [3.8, 4) is 0 Å². The van der Waals surface area contributed by atoms with Crippen molar-refractivity contribution in [2.45, 2.75) is 51.1 Å². The van der Waals surface area contributed by atoms with Crippen molar-refractivity contribution in [2.75, 3.05) is 13.6 Å². The first kappa shape index (κ1) is 15.0. The van der Waals surface area contributed by atoms with Crippen LogP contribution in [0.4, 0.5) is 0 Å². The molecular weight excluding hydrogens is 250 g/mol. The Balaban J connectivity index is 1.82. The molecule has 2 heterocycles. The van der Waals surface area contributed by atoms with Crippen LogP contribution in [-0.2, 0) is 4.79 Å². The highest BCUT2D eigenvalue weighted by molar-refractivity contribution is 5.76. The average Bonchev–Trinajstić information content (AvgIpc) is 2.53. The Kier molecular flexibility index (Phi) is 5.53. The zero-order chi connectivity index (χ0) is 14.4. The fraction of sp³-hybridized carbons (Fsp3) is 0.625. The largest absolute Gasteiger partial charge is 0.339 e. The smallest absolute Gasteiger partial charge is 0.222 e. The summed E-state index contributed by atoms with van der Waals surface area (Å²) in [5, 5.41) is 3.50. The minimum Gasteiger partial charge on any atom is -0.339 e. The van der Waals surface area contributed by atoms with E-state index in [0.717, 1.165) is 18.5 Å². The van der Waals surface area contributed by atoms with Gasteiger partial charge in [-0.15, -0.1) is 0 Å². The highest BCUT2D eigenvalue weighted by Crippen LogP contribution is 2.19. The second-order valence-electron chi connectivity index (χ2n) is 5.65. The maximum absolute atomic E-state index is 12.3. The maximum atomic E-state index is 12.3. The first-order valence-corrected chi connectivity index (χ1v) is 7.57. The lowest BCUT2D eigenvalue weighted by molar-refractivity contribution is -0.132.